The highest BCUT2D eigenvalue weighted by Crippen LogP contribution is 2.25. The van der Waals surface area contributed by atoms with Crippen LogP contribution in [-0.2, 0) is 6.54 Å². The molecule has 114 valence electrons. The van der Waals surface area contributed by atoms with Crippen LogP contribution < -0.4 is 5.32 Å². The Morgan fingerprint density at radius 2 is 2.17 bits per heavy atom. The molecular weight excluding hydrogens is 317 g/mol. The number of hydrogen-bond donors (Lipinski definition) is 1. The van der Waals surface area contributed by atoms with Crippen molar-refractivity contribution in [3.8, 4) is 11.5 Å². The summed E-state index contributed by atoms with van der Waals surface area (Å²) >= 11 is 1.56. The number of benzene rings is 1. The monoisotopic (exact) mass is 327 g/mol. The Labute approximate surface area is 134 Å². The first-order valence-electron chi connectivity index (χ1n) is 6.80. The van der Waals surface area contributed by atoms with Gasteiger partial charge in [0, 0.05) is 5.56 Å². The summed E-state index contributed by atoms with van der Waals surface area (Å²) in [6.07, 6.45) is 1.51. The van der Waals surface area contributed by atoms with Crippen LogP contribution in [0, 0.1) is 5.82 Å². The summed E-state index contributed by atoms with van der Waals surface area (Å²) in [7, 11) is 0. The molecule has 0 saturated carbocycles. The minimum absolute atomic E-state index is 0.283. The zero-order valence-corrected chi connectivity index (χ0v) is 12.5. The lowest BCUT2D eigenvalue weighted by Crippen LogP contribution is -2.03. The summed E-state index contributed by atoms with van der Waals surface area (Å²) in [5.74, 6) is 1.13. The van der Waals surface area contributed by atoms with Gasteiger partial charge in [0.1, 0.15) is 18.0 Å². The van der Waals surface area contributed by atoms with E-state index in [9.17, 15) is 4.39 Å². The van der Waals surface area contributed by atoms with Crippen LogP contribution in [0.1, 0.15) is 5.82 Å². The lowest BCUT2D eigenvalue weighted by molar-refractivity contribution is 0.423. The fourth-order valence-electron chi connectivity index (χ4n) is 2.14. The fourth-order valence-corrected chi connectivity index (χ4v) is 2.95. The van der Waals surface area contributed by atoms with Crippen LogP contribution in [-0.4, -0.2) is 20.1 Å². The Morgan fingerprint density at radius 3 is 3.09 bits per heavy atom. The van der Waals surface area contributed by atoms with E-state index in [1.807, 2.05) is 11.4 Å². The minimum atomic E-state index is -0.346. The quantitative estimate of drug-likeness (QED) is 0.618. The first-order valence-corrected chi connectivity index (χ1v) is 7.68. The number of rotatable bonds is 4. The van der Waals surface area contributed by atoms with Gasteiger partial charge in [-0.05, 0) is 29.6 Å². The van der Waals surface area contributed by atoms with E-state index >= 15 is 0 Å². The molecule has 0 aliphatic heterocycles. The molecule has 0 fully saturated rings. The highest BCUT2D eigenvalue weighted by Gasteiger charge is 2.11. The van der Waals surface area contributed by atoms with E-state index in [-0.39, 0.29) is 11.7 Å². The smallest absolute Gasteiger partial charge is 0.258 e. The van der Waals surface area contributed by atoms with Crippen molar-refractivity contribution in [3.05, 3.63) is 53.7 Å². The second-order valence-corrected chi connectivity index (χ2v) is 5.65. The third-order valence-corrected chi connectivity index (χ3v) is 4.11. The minimum Gasteiger partial charge on any atom is -0.361 e. The zero-order chi connectivity index (χ0) is 15.6. The zero-order valence-electron chi connectivity index (χ0n) is 11.7. The Hall–Kier alpha value is -2.87. The number of hydrogen-bond acceptors (Lipinski definition) is 7. The van der Waals surface area contributed by atoms with Gasteiger partial charge < -0.3 is 9.84 Å². The molecule has 0 aliphatic rings. The normalized spacial score (nSPS) is 11.0. The van der Waals surface area contributed by atoms with Gasteiger partial charge in [0.2, 0.25) is 0 Å². The topological polar surface area (TPSA) is 76.7 Å². The molecule has 0 aliphatic carbocycles. The van der Waals surface area contributed by atoms with E-state index in [0.29, 0.717) is 17.9 Å². The van der Waals surface area contributed by atoms with Crippen LogP contribution in [0.4, 0.5) is 10.2 Å². The highest BCUT2D eigenvalue weighted by molar-refractivity contribution is 7.17. The van der Waals surface area contributed by atoms with Crippen LogP contribution >= 0.6 is 11.3 Å². The van der Waals surface area contributed by atoms with Crippen LogP contribution in [0.15, 0.2) is 46.6 Å². The number of fused-ring (bicyclic) bond motifs is 1. The second kappa shape index (κ2) is 5.73. The van der Waals surface area contributed by atoms with Crippen molar-refractivity contribution in [2.75, 3.05) is 5.32 Å². The van der Waals surface area contributed by atoms with Gasteiger partial charge in [-0.15, -0.1) is 11.3 Å². The predicted octanol–water partition coefficient (Wildman–Crippen LogP) is 3.49. The van der Waals surface area contributed by atoms with Gasteiger partial charge in [0.15, 0.2) is 5.82 Å². The van der Waals surface area contributed by atoms with Crippen molar-refractivity contribution in [1.29, 1.82) is 0 Å². The SMILES string of the molecule is Fc1cccc(-c2nc(CNc3ncnc4ccsc34)no2)c1. The third-order valence-electron chi connectivity index (χ3n) is 3.20. The van der Waals surface area contributed by atoms with Gasteiger partial charge in [-0.2, -0.15) is 4.98 Å². The van der Waals surface area contributed by atoms with Crippen LogP contribution in [0.5, 0.6) is 0 Å². The lowest BCUT2D eigenvalue weighted by atomic mass is 10.2. The summed E-state index contributed by atoms with van der Waals surface area (Å²) in [5.41, 5.74) is 1.44. The number of thiophene rings is 1. The van der Waals surface area contributed by atoms with E-state index in [0.717, 1.165) is 16.0 Å². The number of halogens is 1. The second-order valence-electron chi connectivity index (χ2n) is 4.74. The molecule has 0 amide bonds. The molecule has 23 heavy (non-hydrogen) atoms. The number of aromatic nitrogens is 4. The van der Waals surface area contributed by atoms with Gasteiger partial charge in [0.25, 0.3) is 5.89 Å². The van der Waals surface area contributed by atoms with Crippen LogP contribution in [0.2, 0.25) is 0 Å². The standard InChI is InChI=1S/C15H10FN5OS/c16-10-3-1-2-9(6-10)15-20-12(21-22-15)7-17-14-13-11(4-5-23-13)18-8-19-14/h1-6,8H,7H2,(H,17,18,19). The summed E-state index contributed by atoms with van der Waals surface area (Å²) in [5, 5.41) is 9.02. The van der Waals surface area contributed by atoms with Crippen molar-refractivity contribution in [1.82, 2.24) is 20.1 Å². The van der Waals surface area contributed by atoms with Crippen LogP contribution in [0.25, 0.3) is 21.7 Å². The fraction of sp³-hybridized carbons (Fsp3) is 0.0667. The van der Waals surface area contributed by atoms with E-state index in [4.69, 9.17) is 4.52 Å². The van der Waals surface area contributed by atoms with E-state index in [2.05, 4.69) is 25.4 Å². The van der Waals surface area contributed by atoms with Crippen molar-refractivity contribution >= 4 is 27.4 Å². The Morgan fingerprint density at radius 1 is 1.22 bits per heavy atom. The molecule has 8 heteroatoms. The van der Waals surface area contributed by atoms with Crippen LogP contribution in [0.3, 0.4) is 0 Å². The average Bonchev–Trinajstić information content (AvgIpc) is 3.22. The lowest BCUT2D eigenvalue weighted by Gasteiger charge is -2.02. The maximum atomic E-state index is 13.2. The Kier molecular flexibility index (Phi) is 3.43. The molecule has 3 aromatic heterocycles. The predicted molar refractivity (Wildman–Crippen MR) is 84.4 cm³/mol. The first kappa shape index (κ1) is 13.8. The third kappa shape index (κ3) is 2.76. The molecule has 0 unspecified atom stereocenters. The van der Waals surface area contributed by atoms with Gasteiger partial charge in [-0.3, -0.25) is 0 Å². The molecule has 6 nitrogen and oxygen atoms in total. The Bertz CT molecular complexity index is 967. The van der Waals surface area contributed by atoms with Gasteiger partial charge in [0.05, 0.1) is 16.8 Å². The Balaban J connectivity index is 1.53. The molecule has 1 aromatic carbocycles. The van der Waals surface area contributed by atoms with Gasteiger partial charge >= 0.3 is 0 Å². The molecule has 4 aromatic rings. The molecule has 0 saturated heterocycles. The van der Waals surface area contributed by atoms with E-state index in [1.54, 1.807) is 23.5 Å². The summed E-state index contributed by atoms with van der Waals surface area (Å²) < 4.78 is 19.4. The van der Waals surface area contributed by atoms with Crippen molar-refractivity contribution in [2.24, 2.45) is 0 Å². The maximum absolute atomic E-state index is 13.2. The van der Waals surface area contributed by atoms with E-state index in [1.165, 1.54) is 18.5 Å². The van der Waals surface area contributed by atoms with E-state index < -0.39 is 0 Å². The van der Waals surface area contributed by atoms with Crippen molar-refractivity contribution in [3.63, 3.8) is 0 Å². The average molecular weight is 327 g/mol. The number of nitrogens with zero attached hydrogens (tertiary/aromatic N) is 4. The molecule has 4 rings (SSSR count). The molecule has 1 N–H and O–H groups in total. The molecule has 0 atom stereocenters. The largest absolute Gasteiger partial charge is 0.361 e. The summed E-state index contributed by atoms with van der Waals surface area (Å²) in [6.45, 7) is 0.350. The van der Waals surface area contributed by atoms with Crippen molar-refractivity contribution in [2.45, 2.75) is 6.54 Å². The molecule has 0 radical (unpaired) electrons. The highest BCUT2D eigenvalue weighted by atomic mass is 32.1. The molecule has 0 bridgehead atoms. The number of anilines is 1. The molecule has 3 heterocycles. The molecule has 0 spiro atoms. The number of nitrogens with one attached hydrogen (secondary N) is 1. The van der Waals surface area contributed by atoms with Gasteiger partial charge in [-0.25, -0.2) is 14.4 Å². The molecular formula is C15H10FN5OS. The first-order chi connectivity index (χ1) is 11.3. The van der Waals surface area contributed by atoms with Gasteiger partial charge in [-0.1, -0.05) is 11.2 Å². The van der Waals surface area contributed by atoms with Crippen molar-refractivity contribution < 1.29 is 8.91 Å². The summed E-state index contributed by atoms with van der Waals surface area (Å²) in [6, 6.07) is 7.96. The maximum Gasteiger partial charge on any atom is 0.258 e. The summed E-state index contributed by atoms with van der Waals surface area (Å²) in [4.78, 5) is 12.7.